The highest BCUT2D eigenvalue weighted by molar-refractivity contribution is 9.10. The predicted molar refractivity (Wildman–Crippen MR) is 121 cm³/mol. The zero-order valence-electron chi connectivity index (χ0n) is 16.6. The Labute approximate surface area is 183 Å². The molecule has 4 nitrogen and oxygen atoms in total. The Bertz CT molecular complexity index is 1180. The number of benzene rings is 3. The second-order valence-electron chi connectivity index (χ2n) is 7.38. The van der Waals surface area contributed by atoms with E-state index in [0.717, 1.165) is 21.2 Å². The molecule has 1 amide bonds. The molecule has 1 N–H and O–H groups in total. The second kappa shape index (κ2) is 7.92. The molecule has 150 valence electrons. The van der Waals surface area contributed by atoms with Crippen LogP contribution >= 0.6 is 15.9 Å². The predicted octanol–water partition coefficient (Wildman–Crippen LogP) is 5.69. The number of nitrogens with zero attached hydrogens (tertiary/aromatic N) is 1. The molecule has 4 rings (SSSR count). The van der Waals surface area contributed by atoms with Crippen LogP contribution in [0.15, 0.2) is 82.8 Å². The quantitative estimate of drug-likeness (QED) is 0.309. The van der Waals surface area contributed by atoms with E-state index in [2.05, 4.69) is 15.9 Å². The number of aryl methyl sites for hydroxylation is 2. The third-order valence-corrected chi connectivity index (χ3v) is 6.16. The van der Waals surface area contributed by atoms with Gasteiger partial charge < -0.3 is 5.11 Å². The van der Waals surface area contributed by atoms with Gasteiger partial charge >= 0.3 is 0 Å². The van der Waals surface area contributed by atoms with Crippen LogP contribution in [0, 0.1) is 13.8 Å². The summed E-state index contributed by atoms with van der Waals surface area (Å²) in [5.74, 6) is -1.51. The van der Waals surface area contributed by atoms with Gasteiger partial charge in [0.15, 0.2) is 0 Å². The molecule has 0 saturated carbocycles. The average molecular weight is 462 g/mol. The second-order valence-corrected chi connectivity index (χ2v) is 8.24. The number of Topliss-reactive ketones (excluding diaryl/α,β-unsaturated/α-hetero) is 1. The number of carbonyl (C=O) groups is 2. The van der Waals surface area contributed by atoms with Crippen LogP contribution in [0.2, 0.25) is 0 Å². The Morgan fingerprint density at radius 1 is 0.933 bits per heavy atom. The molecular weight excluding hydrogens is 442 g/mol. The number of hydrogen-bond acceptors (Lipinski definition) is 3. The first kappa shape index (κ1) is 20.1. The molecule has 3 aromatic carbocycles. The van der Waals surface area contributed by atoms with E-state index in [4.69, 9.17) is 0 Å². The Kier molecular flexibility index (Phi) is 5.31. The Morgan fingerprint density at radius 3 is 2.33 bits per heavy atom. The largest absolute Gasteiger partial charge is 0.507 e. The number of carbonyl (C=O) groups excluding carboxylic acids is 2. The van der Waals surface area contributed by atoms with Crippen molar-refractivity contribution in [2.45, 2.75) is 19.9 Å². The van der Waals surface area contributed by atoms with Crippen molar-refractivity contribution in [1.82, 2.24) is 0 Å². The molecule has 1 aliphatic rings. The number of hydrogen-bond donors (Lipinski definition) is 1. The molecule has 1 heterocycles. The van der Waals surface area contributed by atoms with Gasteiger partial charge in [-0.3, -0.25) is 14.5 Å². The summed E-state index contributed by atoms with van der Waals surface area (Å²) in [5.41, 5.74) is 3.87. The lowest BCUT2D eigenvalue weighted by Crippen LogP contribution is -2.29. The van der Waals surface area contributed by atoms with Crippen LogP contribution in [0.5, 0.6) is 0 Å². The minimum atomic E-state index is -0.711. The molecule has 1 aliphatic heterocycles. The van der Waals surface area contributed by atoms with Crippen molar-refractivity contribution in [3.05, 3.63) is 105 Å². The molecule has 0 radical (unpaired) electrons. The minimum absolute atomic E-state index is 0.0921. The van der Waals surface area contributed by atoms with E-state index in [1.165, 1.54) is 4.90 Å². The standard InChI is InChI=1S/C25H20BrNO3/c1-15-7-6-10-19(13-15)27-22(17-8-4-3-5-9-17)21(24(29)25(27)30)23(28)18-11-12-20(26)16(2)14-18/h3-14,22,28H,1-2H3/b23-21-. The van der Waals surface area contributed by atoms with E-state index >= 15 is 0 Å². The van der Waals surface area contributed by atoms with Crippen LogP contribution in [0.3, 0.4) is 0 Å². The molecule has 0 spiro atoms. The fourth-order valence-electron chi connectivity index (χ4n) is 3.77. The van der Waals surface area contributed by atoms with Crippen molar-refractivity contribution in [2.75, 3.05) is 4.90 Å². The topological polar surface area (TPSA) is 57.6 Å². The summed E-state index contributed by atoms with van der Waals surface area (Å²) >= 11 is 3.45. The highest BCUT2D eigenvalue weighted by atomic mass is 79.9. The first-order valence-corrected chi connectivity index (χ1v) is 10.4. The van der Waals surface area contributed by atoms with Gasteiger partial charge in [0, 0.05) is 15.7 Å². The lowest BCUT2D eigenvalue weighted by molar-refractivity contribution is -0.132. The fourth-order valence-corrected chi connectivity index (χ4v) is 4.02. The first-order valence-electron chi connectivity index (χ1n) is 9.57. The molecular formula is C25H20BrNO3. The summed E-state index contributed by atoms with van der Waals surface area (Å²) in [7, 11) is 0. The van der Waals surface area contributed by atoms with Gasteiger partial charge in [0.05, 0.1) is 11.6 Å². The van der Waals surface area contributed by atoms with Gasteiger partial charge in [0.25, 0.3) is 11.7 Å². The number of aliphatic hydroxyl groups is 1. The van der Waals surface area contributed by atoms with Crippen molar-refractivity contribution in [2.24, 2.45) is 0 Å². The molecule has 30 heavy (non-hydrogen) atoms. The van der Waals surface area contributed by atoms with Gasteiger partial charge in [-0.25, -0.2) is 0 Å². The average Bonchev–Trinajstić information content (AvgIpc) is 3.01. The number of ketones is 1. The smallest absolute Gasteiger partial charge is 0.300 e. The number of halogens is 1. The normalized spacial score (nSPS) is 18.1. The monoisotopic (exact) mass is 461 g/mol. The van der Waals surface area contributed by atoms with E-state index in [9.17, 15) is 14.7 Å². The molecule has 1 fully saturated rings. The Balaban J connectivity index is 1.95. The molecule has 1 unspecified atom stereocenters. The third kappa shape index (κ3) is 3.46. The van der Waals surface area contributed by atoms with Crippen LogP contribution in [-0.2, 0) is 9.59 Å². The third-order valence-electron chi connectivity index (χ3n) is 5.27. The molecule has 0 aliphatic carbocycles. The molecule has 0 aromatic heterocycles. The number of aliphatic hydroxyl groups excluding tert-OH is 1. The highest BCUT2D eigenvalue weighted by Gasteiger charge is 2.46. The van der Waals surface area contributed by atoms with Gasteiger partial charge in [-0.05, 0) is 54.8 Å². The van der Waals surface area contributed by atoms with E-state index in [1.54, 1.807) is 18.2 Å². The van der Waals surface area contributed by atoms with Crippen molar-refractivity contribution in [1.29, 1.82) is 0 Å². The van der Waals surface area contributed by atoms with Crippen LogP contribution in [0.4, 0.5) is 5.69 Å². The summed E-state index contributed by atoms with van der Waals surface area (Å²) in [4.78, 5) is 27.7. The first-order chi connectivity index (χ1) is 14.4. The highest BCUT2D eigenvalue weighted by Crippen LogP contribution is 2.42. The zero-order chi connectivity index (χ0) is 21.4. The summed E-state index contributed by atoms with van der Waals surface area (Å²) in [5, 5.41) is 11.1. The summed E-state index contributed by atoms with van der Waals surface area (Å²) < 4.78 is 0.902. The maximum atomic E-state index is 13.1. The summed E-state index contributed by atoms with van der Waals surface area (Å²) in [6, 6.07) is 21.4. The molecule has 1 saturated heterocycles. The van der Waals surface area contributed by atoms with Crippen LogP contribution in [0.1, 0.15) is 28.3 Å². The van der Waals surface area contributed by atoms with Crippen LogP contribution < -0.4 is 4.90 Å². The Hall–Kier alpha value is -3.18. The minimum Gasteiger partial charge on any atom is -0.507 e. The SMILES string of the molecule is Cc1cccc(N2C(=O)C(=O)/C(=C(\O)c3ccc(Br)c(C)c3)C2c2ccccc2)c1. The molecule has 5 heteroatoms. The maximum Gasteiger partial charge on any atom is 0.300 e. The maximum absolute atomic E-state index is 13.1. The number of amides is 1. The van der Waals surface area contributed by atoms with Crippen LogP contribution in [-0.4, -0.2) is 16.8 Å². The number of anilines is 1. The van der Waals surface area contributed by atoms with Gasteiger partial charge in [-0.2, -0.15) is 0 Å². The summed E-state index contributed by atoms with van der Waals surface area (Å²) in [6.07, 6.45) is 0. The molecule has 3 aromatic rings. The number of rotatable bonds is 3. The lowest BCUT2D eigenvalue weighted by atomic mass is 9.94. The van der Waals surface area contributed by atoms with Crippen molar-refractivity contribution < 1.29 is 14.7 Å². The van der Waals surface area contributed by atoms with Gasteiger partial charge in [-0.15, -0.1) is 0 Å². The van der Waals surface area contributed by atoms with Gasteiger partial charge in [0.2, 0.25) is 0 Å². The van der Waals surface area contributed by atoms with E-state index in [1.807, 2.05) is 68.4 Å². The molecule has 0 bridgehead atoms. The van der Waals surface area contributed by atoms with E-state index in [-0.39, 0.29) is 11.3 Å². The van der Waals surface area contributed by atoms with Crippen LogP contribution in [0.25, 0.3) is 5.76 Å². The molecule has 1 atom stereocenters. The zero-order valence-corrected chi connectivity index (χ0v) is 18.2. The van der Waals surface area contributed by atoms with Crippen molar-refractivity contribution in [3.63, 3.8) is 0 Å². The van der Waals surface area contributed by atoms with Gasteiger partial charge in [-0.1, -0.05) is 64.5 Å². The Morgan fingerprint density at radius 2 is 1.67 bits per heavy atom. The lowest BCUT2D eigenvalue weighted by Gasteiger charge is -2.25. The van der Waals surface area contributed by atoms with Crippen molar-refractivity contribution in [3.8, 4) is 0 Å². The van der Waals surface area contributed by atoms with Gasteiger partial charge in [0.1, 0.15) is 5.76 Å². The van der Waals surface area contributed by atoms with E-state index in [0.29, 0.717) is 11.3 Å². The fraction of sp³-hybridized carbons (Fsp3) is 0.120. The summed E-state index contributed by atoms with van der Waals surface area (Å²) in [6.45, 7) is 3.84. The van der Waals surface area contributed by atoms with Crippen molar-refractivity contribution >= 4 is 39.1 Å². The van der Waals surface area contributed by atoms with E-state index < -0.39 is 17.7 Å².